The average Bonchev–Trinajstić information content (AvgIpc) is 3.15. The second-order valence-electron chi connectivity index (χ2n) is 14.7. The zero-order valence-corrected chi connectivity index (χ0v) is 30.6. The minimum Gasteiger partial charge on any atom is -0.252 e. The van der Waals surface area contributed by atoms with Gasteiger partial charge in [0.05, 0.1) is 11.0 Å². The fraction of sp³-hybridized carbons (Fsp3) is 0.217. The van der Waals surface area contributed by atoms with E-state index >= 15 is 0 Å². The van der Waals surface area contributed by atoms with Gasteiger partial charge in [-0.25, -0.2) is 19.9 Å². The minimum atomic E-state index is 0.469. The molecule has 0 atom stereocenters. The van der Waals surface area contributed by atoms with E-state index in [-0.39, 0.29) is 0 Å². The molecule has 8 rings (SSSR count). The third-order valence-corrected chi connectivity index (χ3v) is 10.00. The minimum absolute atomic E-state index is 0.469. The van der Waals surface area contributed by atoms with Gasteiger partial charge in [-0.15, -0.1) is 0 Å². The van der Waals surface area contributed by atoms with E-state index < -0.39 is 0 Å². The van der Waals surface area contributed by atoms with Crippen molar-refractivity contribution < 1.29 is 0 Å². The highest BCUT2D eigenvalue weighted by Crippen LogP contribution is 2.41. The van der Waals surface area contributed by atoms with Crippen LogP contribution >= 0.6 is 0 Å². The summed E-state index contributed by atoms with van der Waals surface area (Å²) in [6.07, 6.45) is 12.5. The van der Waals surface area contributed by atoms with Crippen molar-refractivity contribution in [2.45, 2.75) is 54.4 Å². The van der Waals surface area contributed by atoms with E-state index in [0.717, 1.165) is 79.4 Å². The first-order chi connectivity index (χ1) is 25.3. The number of nitrogens with zero attached hydrogens (tertiary/aromatic N) is 6. The Morgan fingerprint density at radius 1 is 0.442 bits per heavy atom. The second-order valence-corrected chi connectivity index (χ2v) is 14.7. The smallest absolute Gasteiger partial charge is 0.115 e. The maximum absolute atomic E-state index is 5.39. The van der Waals surface area contributed by atoms with Crippen molar-refractivity contribution in [1.29, 1.82) is 0 Å². The van der Waals surface area contributed by atoms with E-state index in [9.17, 15) is 0 Å². The predicted molar refractivity (Wildman–Crippen MR) is 214 cm³/mol. The molecule has 0 aliphatic rings. The lowest BCUT2D eigenvalue weighted by atomic mass is 9.86. The van der Waals surface area contributed by atoms with Crippen molar-refractivity contribution in [3.05, 3.63) is 133 Å². The van der Waals surface area contributed by atoms with Crippen molar-refractivity contribution >= 4 is 32.6 Å². The van der Waals surface area contributed by atoms with Gasteiger partial charge in [0.2, 0.25) is 0 Å². The Labute approximate surface area is 305 Å². The molecule has 0 saturated heterocycles. The molecule has 0 N–H and O–H groups in total. The molecule has 0 saturated carbocycles. The zero-order chi connectivity index (χ0) is 35.9. The molecule has 0 aliphatic heterocycles. The summed E-state index contributed by atoms with van der Waals surface area (Å²) in [5.74, 6) is 0.937. The lowest BCUT2D eigenvalue weighted by molar-refractivity contribution is 0.650. The van der Waals surface area contributed by atoms with Gasteiger partial charge in [-0.05, 0) is 84.0 Å². The monoisotopic (exact) mass is 678 g/mol. The fourth-order valence-corrected chi connectivity index (χ4v) is 7.87. The Morgan fingerprint density at radius 2 is 0.808 bits per heavy atom. The van der Waals surface area contributed by atoms with Gasteiger partial charge in [-0.1, -0.05) is 88.4 Å². The van der Waals surface area contributed by atoms with Gasteiger partial charge in [0.1, 0.15) is 12.7 Å². The van der Waals surface area contributed by atoms with Gasteiger partial charge in [0.15, 0.2) is 0 Å². The van der Waals surface area contributed by atoms with Crippen molar-refractivity contribution in [2.75, 3.05) is 0 Å². The molecule has 0 bridgehead atoms. The maximum atomic E-state index is 5.39. The highest BCUT2D eigenvalue weighted by atomic mass is 14.8. The normalized spacial score (nSPS) is 11.8. The second kappa shape index (κ2) is 13.7. The Balaban J connectivity index is 1.34. The fourth-order valence-electron chi connectivity index (χ4n) is 7.87. The molecular weight excluding hydrogens is 637 g/mol. The molecule has 4 aromatic carbocycles. The van der Waals surface area contributed by atoms with Crippen LogP contribution in [-0.4, -0.2) is 29.9 Å². The molecule has 0 amide bonds. The number of hydrogen-bond donors (Lipinski definition) is 0. The van der Waals surface area contributed by atoms with E-state index in [1.165, 1.54) is 33.0 Å². The van der Waals surface area contributed by atoms with Crippen LogP contribution in [0.4, 0.5) is 0 Å². The molecule has 6 heteroatoms. The number of rotatable bonds is 8. The van der Waals surface area contributed by atoms with E-state index in [0.29, 0.717) is 11.8 Å². The van der Waals surface area contributed by atoms with Gasteiger partial charge in [-0.3, -0.25) is 9.97 Å². The summed E-state index contributed by atoms with van der Waals surface area (Å²) in [6, 6.07) is 26.5. The molecule has 6 nitrogen and oxygen atoms in total. The summed E-state index contributed by atoms with van der Waals surface area (Å²) >= 11 is 0. The molecule has 4 heterocycles. The highest BCUT2D eigenvalue weighted by molar-refractivity contribution is 6.17. The number of aromatic nitrogens is 6. The van der Waals surface area contributed by atoms with Gasteiger partial charge < -0.3 is 0 Å². The molecular formula is C46H42N6. The predicted octanol–water partition coefficient (Wildman–Crippen LogP) is 11.2. The molecule has 0 aliphatic carbocycles. The van der Waals surface area contributed by atoms with Crippen LogP contribution in [0.5, 0.6) is 0 Å². The number of fused-ring (bicyclic) bond motifs is 5. The summed E-state index contributed by atoms with van der Waals surface area (Å²) in [4.78, 5) is 27.8. The number of aryl methyl sites for hydroxylation is 2. The molecule has 0 fully saturated rings. The van der Waals surface area contributed by atoms with Gasteiger partial charge in [0.25, 0.3) is 0 Å². The number of hydrogen-bond acceptors (Lipinski definition) is 6. The molecule has 8 aromatic rings. The summed E-state index contributed by atoms with van der Waals surface area (Å²) in [5, 5.41) is 4.68. The molecule has 52 heavy (non-hydrogen) atoms. The summed E-state index contributed by atoms with van der Waals surface area (Å²) in [5.41, 5.74) is 15.7. The lowest BCUT2D eigenvalue weighted by Crippen LogP contribution is -2.04. The first kappa shape index (κ1) is 33.3. The van der Waals surface area contributed by atoms with Crippen LogP contribution in [-0.2, 0) is 12.8 Å². The molecule has 0 unspecified atom stereocenters. The highest BCUT2D eigenvalue weighted by Gasteiger charge is 2.21. The van der Waals surface area contributed by atoms with Crippen LogP contribution in [0.15, 0.2) is 110 Å². The van der Waals surface area contributed by atoms with Gasteiger partial charge in [-0.2, -0.15) is 0 Å². The largest absolute Gasteiger partial charge is 0.252 e. The van der Waals surface area contributed by atoms with E-state index in [4.69, 9.17) is 9.97 Å². The van der Waals surface area contributed by atoms with Crippen LogP contribution < -0.4 is 0 Å². The standard InChI is InChI=1S/C46H42N6/c1-27(2)17-41-39-15-13-38-37(45(39)51-29(5)43(41)33-11-7-9-31(19-33)35-21-47-25-48-22-35)14-16-40-42(18-28(3)4)44(30(6)52-46(38)40)34-12-8-10-32(20-34)36-23-49-26-50-24-36/h7-16,19-28H,17-18H2,1-6H3. The van der Waals surface area contributed by atoms with E-state index in [1.807, 2.05) is 24.8 Å². The van der Waals surface area contributed by atoms with Crippen LogP contribution in [0.2, 0.25) is 0 Å². The Bertz CT molecular complexity index is 2410. The molecule has 4 aromatic heterocycles. The van der Waals surface area contributed by atoms with Crippen molar-refractivity contribution in [3.63, 3.8) is 0 Å². The Kier molecular flexibility index (Phi) is 8.76. The first-order valence-corrected chi connectivity index (χ1v) is 18.2. The maximum Gasteiger partial charge on any atom is 0.115 e. The topological polar surface area (TPSA) is 77.3 Å². The van der Waals surface area contributed by atoms with E-state index in [1.54, 1.807) is 12.7 Å². The summed E-state index contributed by atoms with van der Waals surface area (Å²) < 4.78 is 0. The SMILES string of the molecule is Cc1nc2c(ccc3c2ccc2c(CC(C)C)c(-c4cccc(-c5cncnc5)c4)c(C)nc23)c(CC(C)C)c1-c1cccc(-c2cncnc2)c1. The Morgan fingerprint density at radius 3 is 1.19 bits per heavy atom. The number of benzene rings is 4. The third-order valence-electron chi connectivity index (χ3n) is 10.00. The van der Waals surface area contributed by atoms with Crippen LogP contribution in [0.1, 0.15) is 50.2 Å². The van der Waals surface area contributed by atoms with E-state index in [2.05, 4.69) is 134 Å². The van der Waals surface area contributed by atoms with Crippen LogP contribution in [0, 0.1) is 25.7 Å². The Hall–Kier alpha value is -5.88. The number of pyridine rings is 2. The zero-order valence-electron chi connectivity index (χ0n) is 30.6. The molecule has 0 radical (unpaired) electrons. The summed E-state index contributed by atoms with van der Waals surface area (Å²) in [7, 11) is 0. The van der Waals surface area contributed by atoms with Gasteiger partial charge >= 0.3 is 0 Å². The molecule has 256 valence electrons. The first-order valence-electron chi connectivity index (χ1n) is 18.2. The van der Waals surface area contributed by atoms with Gasteiger partial charge in [0, 0.05) is 80.0 Å². The lowest BCUT2D eigenvalue weighted by Gasteiger charge is -2.21. The average molecular weight is 679 g/mol. The van der Waals surface area contributed by atoms with Crippen LogP contribution in [0.25, 0.3) is 77.1 Å². The summed E-state index contributed by atoms with van der Waals surface area (Å²) in [6.45, 7) is 13.5. The molecule has 0 spiro atoms. The third kappa shape index (κ3) is 6.08. The van der Waals surface area contributed by atoms with Crippen molar-refractivity contribution in [1.82, 2.24) is 29.9 Å². The van der Waals surface area contributed by atoms with Crippen LogP contribution in [0.3, 0.4) is 0 Å². The quantitative estimate of drug-likeness (QED) is 0.149. The van der Waals surface area contributed by atoms with Crippen molar-refractivity contribution in [2.24, 2.45) is 11.8 Å². The van der Waals surface area contributed by atoms with Crippen molar-refractivity contribution in [3.8, 4) is 44.5 Å².